The van der Waals surface area contributed by atoms with E-state index in [0.717, 1.165) is 4.47 Å². The second-order valence-electron chi connectivity index (χ2n) is 3.73. The van der Waals surface area contributed by atoms with Crippen molar-refractivity contribution in [2.75, 3.05) is 40.6 Å². The first kappa shape index (κ1) is 15.9. The number of carbonyl (C=O) groups is 1. The van der Waals surface area contributed by atoms with Gasteiger partial charge in [0, 0.05) is 25.2 Å². The second-order valence-corrected chi connectivity index (χ2v) is 4.65. The number of ether oxygens (including phenoxy) is 3. The molecule has 5 nitrogen and oxygen atoms in total. The van der Waals surface area contributed by atoms with Crippen LogP contribution in [-0.2, 0) is 9.47 Å². The Morgan fingerprint density at radius 3 is 2.63 bits per heavy atom. The van der Waals surface area contributed by atoms with Crippen molar-refractivity contribution in [2.45, 2.75) is 0 Å². The molecule has 19 heavy (non-hydrogen) atoms. The molecule has 0 bridgehead atoms. The van der Waals surface area contributed by atoms with E-state index in [0.29, 0.717) is 37.7 Å². The molecule has 0 aliphatic carbocycles. The molecule has 0 aromatic heterocycles. The Bertz CT molecular complexity index is 412. The van der Waals surface area contributed by atoms with Crippen LogP contribution in [-0.4, -0.2) is 46.5 Å². The van der Waals surface area contributed by atoms with Crippen LogP contribution in [0.1, 0.15) is 10.4 Å². The summed E-state index contributed by atoms with van der Waals surface area (Å²) in [7, 11) is 3.19. The zero-order valence-electron chi connectivity index (χ0n) is 11.1. The summed E-state index contributed by atoms with van der Waals surface area (Å²) < 4.78 is 16.2. The van der Waals surface area contributed by atoms with E-state index in [2.05, 4.69) is 21.2 Å². The lowest BCUT2D eigenvalue weighted by Gasteiger charge is -2.12. The number of hydrogen-bond donors (Lipinski definition) is 1. The van der Waals surface area contributed by atoms with Crippen LogP contribution in [0.3, 0.4) is 0 Å². The Labute approximate surface area is 121 Å². The van der Waals surface area contributed by atoms with E-state index >= 15 is 0 Å². The van der Waals surface area contributed by atoms with Crippen LogP contribution < -0.4 is 10.1 Å². The van der Waals surface area contributed by atoms with E-state index in [1.807, 2.05) is 6.07 Å². The van der Waals surface area contributed by atoms with E-state index < -0.39 is 0 Å². The molecule has 6 heteroatoms. The number of carbonyl (C=O) groups excluding carboxylic acids is 1. The normalized spacial score (nSPS) is 10.3. The van der Waals surface area contributed by atoms with Crippen LogP contribution in [0, 0.1) is 0 Å². The quantitative estimate of drug-likeness (QED) is 0.738. The van der Waals surface area contributed by atoms with Gasteiger partial charge in [-0.2, -0.15) is 0 Å². The minimum Gasteiger partial charge on any atom is -0.490 e. The number of hydrogen-bond acceptors (Lipinski definition) is 4. The van der Waals surface area contributed by atoms with Crippen molar-refractivity contribution in [1.29, 1.82) is 0 Å². The molecule has 1 aromatic carbocycles. The monoisotopic (exact) mass is 331 g/mol. The van der Waals surface area contributed by atoms with Crippen LogP contribution in [0.5, 0.6) is 5.75 Å². The third-order valence-electron chi connectivity index (χ3n) is 2.32. The van der Waals surface area contributed by atoms with Crippen molar-refractivity contribution >= 4 is 21.8 Å². The first-order valence-electron chi connectivity index (χ1n) is 5.87. The highest BCUT2D eigenvalue weighted by molar-refractivity contribution is 9.10. The number of benzene rings is 1. The molecule has 0 spiro atoms. The lowest BCUT2D eigenvalue weighted by Crippen LogP contribution is -2.27. The van der Waals surface area contributed by atoms with Gasteiger partial charge in [-0.1, -0.05) is 15.9 Å². The maximum atomic E-state index is 12.0. The highest BCUT2D eigenvalue weighted by atomic mass is 79.9. The Balaban J connectivity index is 2.72. The van der Waals surface area contributed by atoms with Gasteiger partial charge in [0.25, 0.3) is 5.91 Å². The van der Waals surface area contributed by atoms with Crippen molar-refractivity contribution in [3.63, 3.8) is 0 Å². The molecular weight excluding hydrogens is 314 g/mol. The molecule has 1 aromatic rings. The highest BCUT2D eigenvalue weighted by Crippen LogP contribution is 2.23. The standard InChI is InChI=1S/C13H18BrNO4/c1-17-6-5-15-13(16)11-9-10(14)3-4-12(11)19-8-7-18-2/h3-4,9H,5-8H2,1-2H3,(H,15,16). The summed E-state index contributed by atoms with van der Waals surface area (Å²) in [6, 6.07) is 5.31. The molecule has 106 valence electrons. The smallest absolute Gasteiger partial charge is 0.255 e. The van der Waals surface area contributed by atoms with Gasteiger partial charge in [-0.15, -0.1) is 0 Å². The van der Waals surface area contributed by atoms with Gasteiger partial charge in [-0.05, 0) is 18.2 Å². The summed E-state index contributed by atoms with van der Waals surface area (Å²) in [5, 5.41) is 2.76. The topological polar surface area (TPSA) is 56.8 Å². The Morgan fingerprint density at radius 2 is 1.95 bits per heavy atom. The highest BCUT2D eigenvalue weighted by Gasteiger charge is 2.12. The summed E-state index contributed by atoms with van der Waals surface area (Å²) in [5.74, 6) is 0.348. The SMILES string of the molecule is COCCNC(=O)c1cc(Br)ccc1OCCOC. The second kappa shape index (κ2) is 8.90. The number of methoxy groups -OCH3 is 2. The van der Waals surface area contributed by atoms with Crippen LogP contribution >= 0.6 is 15.9 Å². The number of rotatable bonds is 8. The fourth-order valence-corrected chi connectivity index (χ4v) is 1.76. The summed E-state index contributed by atoms with van der Waals surface area (Å²) in [6.45, 7) is 1.80. The van der Waals surface area contributed by atoms with Gasteiger partial charge in [0.2, 0.25) is 0 Å². The predicted molar refractivity (Wildman–Crippen MR) is 75.7 cm³/mol. The molecule has 0 aliphatic heterocycles. The Kier molecular flexibility index (Phi) is 7.47. The van der Waals surface area contributed by atoms with E-state index in [-0.39, 0.29) is 5.91 Å². The zero-order chi connectivity index (χ0) is 14.1. The Hall–Kier alpha value is -1.11. The first-order chi connectivity index (χ1) is 9.19. The molecule has 0 unspecified atom stereocenters. The lowest BCUT2D eigenvalue weighted by molar-refractivity contribution is 0.0929. The van der Waals surface area contributed by atoms with Crippen LogP contribution in [0.4, 0.5) is 0 Å². The average Bonchev–Trinajstić information content (AvgIpc) is 2.40. The molecule has 0 fully saturated rings. The van der Waals surface area contributed by atoms with Gasteiger partial charge < -0.3 is 19.5 Å². The van der Waals surface area contributed by atoms with Crippen LogP contribution in [0.15, 0.2) is 22.7 Å². The summed E-state index contributed by atoms with van der Waals surface area (Å²) in [4.78, 5) is 12.0. The predicted octanol–water partition coefficient (Wildman–Crippen LogP) is 1.85. The number of nitrogens with one attached hydrogen (secondary N) is 1. The summed E-state index contributed by atoms with van der Waals surface area (Å²) in [5.41, 5.74) is 0.488. The third kappa shape index (κ3) is 5.59. The van der Waals surface area contributed by atoms with Gasteiger partial charge in [-0.3, -0.25) is 4.79 Å². The van der Waals surface area contributed by atoms with E-state index in [4.69, 9.17) is 14.2 Å². The molecule has 1 N–H and O–H groups in total. The van der Waals surface area contributed by atoms with Crippen LogP contribution in [0.25, 0.3) is 0 Å². The molecule has 1 rings (SSSR count). The van der Waals surface area contributed by atoms with Crippen molar-refractivity contribution in [3.8, 4) is 5.75 Å². The van der Waals surface area contributed by atoms with E-state index in [1.165, 1.54) is 0 Å². The van der Waals surface area contributed by atoms with E-state index in [1.54, 1.807) is 26.4 Å². The summed E-state index contributed by atoms with van der Waals surface area (Å²) in [6.07, 6.45) is 0. The van der Waals surface area contributed by atoms with Crippen molar-refractivity contribution in [2.24, 2.45) is 0 Å². The van der Waals surface area contributed by atoms with Gasteiger partial charge in [0.15, 0.2) is 0 Å². The molecule has 0 radical (unpaired) electrons. The molecular formula is C13H18BrNO4. The van der Waals surface area contributed by atoms with Crippen LogP contribution in [0.2, 0.25) is 0 Å². The molecule has 0 saturated carbocycles. The molecule has 1 amide bonds. The van der Waals surface area contributed by atoms with E-state index in [9.17, 15) is 4.79 Å². The average molecular weight is 332 g/mol. The third-order valence-corrected chi connectivity index (χ3v) is 2.82. The Morgan fingerprint density at radius 1 is 1.21 bits per heavy atom. The number of amides is 1. The molecule has 0 heterocycles. The molecule has 0 atom stereocenters. The van der Waals surface area contributed by atoms with Gasteiger partial charge in [0.05, 0.1) is 18.8 Å². The van der Waals surface area contributed by atoms with Gasteiger partial charge in [-0.25, -0.2) is 0 Å². The maximum absolute atomic E-state index is 12.0. The van der Waals surface area contributed by atoms with Crippen molar-refractivity contribution < 1.29 is 19.0 Å². The lowest BCUT2D eigenvalue weighted by atomic mass is 10.2. The molecule has 0 aliphatic rings. The largest absolute Gasteiger partial charge is 0.490 e. The fraction of sp³-hybridized carbons (Fsp3) is 0.462. The minimum absolute atomic E-state index is 0.189. The first-order valence-corrected chi connectivity index (χ1v) is 6.66. The maximum Gasteiger partial charge on any atom is 0.255 e. The van der Waals surface area contributed by atoms with Crippen molar-refractivity contribution in [3.05, 3.63) is 28.2 Å². The zero-order valence-corrected chi connectivity index (χ0v) is 12.7. The van der Waals surface area contributed by atoms with Crippen molar-refractivity contribution in [1.82, 2.24) is 5.32 Å². The van der Waals surface area contributed by atoms with Gasteiger partial charge >= 0.3 is 0 Å². The fourth-order valence-electron chi connectivity index (χ4n) is 1.40. The van der Waals surface area contributed by atoms with Gasteiger partial charge in [0.1, 0.15) is 12.4 Å². The minimum atomic E-state index is -0.189. The number of halogens is 1. The molecule has 0 saturated heterocycles. The summed E-state index contributed by atoms with van der Waals surface area (Å²) >= 11 is 3.34.